The van der Waals surface area contributed by atoms with E-state index in [1.54, 1.807) is 0 Å². The largest absolute Gasteiger partial charge is 0.371 e. The normalized spacial score (nSPS) is 21.9. The van der Waals surface area contributed by atoms with Gasteiger partial charge >= 0.3 is 0 Å². The molecule has 1 aromatic rings. The van der Waals surface area contributed by atoms with Crippen molar-refractivity contribution in [3.63, 3.8) is 0 Å². The van der Waals surface area contributed by atoms with E-state index in [4.69, 9.17) is 9.26 Å². The highest BCUT2D eigenvalue weighted by Crippen LogP contribution is 2.15. The fourth-order valence-corrected chi connectivity index (χ4v) is 3.42. The number of carbonyl (C=O) groups is 1. The Kier molecular flexibility index (Phi) is 10.5. The number of piperidine rings is 1. The molecule has 2 aliphatic rings. The summed E-state index contributed by atoms with van der Waals surface area (Å²) in [6, 6.07) is 0.0128. The summed E-state index contributed by atoms with van der Waals surface area (Å²) in [6.07, 6.45) is 3.12. The Morgan fingerprint density at radius 2 is 2.04 bits per heavy atom. The number of hydrogen-bond acceptors (Lipinski definition) is 7. The molecule has 1 aromatic heterocycles. The highest BCUT2D eigenvalue weighted by Gasteiger charge is 2.28. The van der Waals surface area contributed by atoms with Crippen molar-refractivity contribution in [1.29, 1.82) is 0 Å². The van der Waals surface area contributed by atoms with Gasteiger partial charge in [0.25, 0.3) is 0 Å². The standard InChI is InChI=1S/C17H29N5O3.2ClH/c1-3-24-13(2)16-19-15(25-20-16)12-21-8-10-22(11-9-21)17(23)14-6-4-5-7-18-14;;/h13-14,18H,3-12H2,1-2H3;2*1H/t13?,14-;;/m1../s1. The zero-order valence-electron chi connectivity index (χ0n) is 16.1. The van der Waals surface area contributed by atoms with Crippen LogP contribution in [0.2, 0.25) is 0 Å². The molecule has 8 nitrogen and oxygen atoms in total. The number of hydrogen-bond donors (Lipinski definition) is 1. The number of piperazine rings is 1. The summed E-state index contributed by atoms with van der Waals surface area (Å²) in [5, 5.41) is 7.33. The summed E-state index contributed by atoms with van der Waals surface area (Å²) in [6.45, 7) is 9.24. The first-order valence-electron chi connectivity index (χ1n) is 9.36. The van der Waals surface area contributed by atoms with Gasteiger partial charge in [-0.15, -0.1) is 24.8 Å². The SMILES string of the molecule is CCOC(C)c1noc(CN2CCN(C(=O)[C@H]3CCCCN3)CC2)n1.Cl.Cl. The Morgan fingerprint density at radius 3 is 2.67 bits per heavy atom. The number of nitrogens with zero attached hydrogens (tertiary/aromatic N) is 4. The second kappa shape index (κ2) is 11.8. The van der Waals surface area contributed by atoms with Gasteiger partial charge in [-0.2, -0.15) is 4.98 Å². The van der Waals surface area contributed by atoms with E-state index in [1.165, 1.54) is 6.42 Å². The van der Waals surface area contributed by atoms with Gasteiger partial charge in [0.2, 0.25) is 11.8 Å². The average Bonchev–Trinajstić information content (AvgIpc) is 3.11. The Hall–Kier alpha value is -0.930. The van der Waals surface area contributed by atoms with Crippen molar-refractivity contribution in [2.45, 2.75) is 51.8 Å². The highest BCUT2D eigenvalue weighted by atomic mass is 35.5. The third-order valence-corrected chi connectivity index (χ3v) is 4.92. The summed E-state index contributed by atoms with van der Waals surface area (Å²) in [4.78, 5) is 21.2. The van der Waals surface area contributed by atoms with E-state index in [0.29, 0.717) is 24.9 Å². The summed E-state index contributed by atoms with van der Waals surface area (Å²) in [5.41, 5.74) is 0. The van der Waals surface area contributed by atoms with Crippen molar-refractivity contribution in [2.75, 3.05) is 39.3 Å². The van der Waals surface area contributed by atoms with Crippen molar-refractivity contribution in [2.24, 2.45) is 0 Å². The van der Waals surface area contributed by atoms with Crippen LogP contribution in [0.3, 0.4) is 0 Å². The van der Waals surface area contributed by atoms with Crippen LogP contribution in [0, 0.1) is 0 Å². The molecule has 2 fully saturated rings. The number of rotatable bonds is 6. The fraction of sp³-hybridized carbons (Fsp3) is 0.824. The van der Waals surface area contributed by atoms with E-state index < -0.39 is 0 Å². The van der Waals surface area contributed by atoms with E-state index in [1.807, 2.05) is 18.7 Å². The molecule has 0 saturated carbocycles. The molecule has 0 spiro atoms. The van der Waals surface area contributed by atoms with Crippen molar-refractivity contribution in [3.05, 3.63) is 11.7 Å². The fourth-order valence-electron chi connectivity index (χ4n) is 3.42. The van der Waals surface area contributed by atoms with Gasteiger partial charge in [0.1, 0.15) is 6.10 Å². The number of nitrogens with one attached hydrogen (secondary N) is 1. The van der Waals surface area contributed by atoms with Gasteiger partial charge in [-0.3, -0.25) is 9.69 Å². The Bertz CT molecular complexity index is 561. The van der Waals surface area contributed by atoms with Gasteiger partial charge in [-0.05, 0) is 33.2 Å². The number of carbonyl (C=O) groups excluding carboxylic acids is 1. The van der Waals surface area contributed by atoms with Crippen LogP contribution in [0.25, 0.3) is 0 Å². The molecule has 10 heteroatoms. The molecular weight excluding hydrogens is 393 g/mol. The third kappa shape index (κ3) is 6.57. The van der Waals surface area contributed by atoms with E-state index in [9.17, 15) is 4.79 Å². The molecule has 1 N–H and O–H groups in total. The topological polar surface area (TPSA) is 83.7 Å². The quantitative estimate of drug-likeness (QED) is 0.746. The molecule has 1 amide bonds. The molecular formula is C17H31Cl2N5O3. The molecule has 156 valence electrons. The smallest absolute Gasteiger partial charge is 0.240 e. The minimum Gasteiger partial charge on any atom is -0.371 e. The predicted molar refractivity (Wildman–Crippen MR) is 106 cm³/mol. The van der Waals surface area contributed by atoms with Gasteiger partial charge in [0, 0.05) is 32.8 Å². The number of amides is 1. The highest BCUT2D eigenvalue weighted by molar-refractivity contribution is 5.85. The van der Waals surface area contributed by atoms with E-state index in [-0.39, 0.29) is 42.9 Å². The van der Waals surface area contributed by atoms with E-state index in [2.05, 4.69) is 20.4 Å². The van der Waals surface area contributed by atoms with Crippen LogP contribution < -0.4 is 5.32 Å². The monoisotopic (exact) mass is 423 g/mol. The lowest BCUT2D eigenvalue weighted by Crippen LogP contribution is -2.54. The van der Waals surface area contributed by atoms with E-state index >= 15 is 0 Å². The average molecular weight is 424 g/mol. The van der Waals surface area contributed by atoms with Crippen LogP contribution in [-0.4, -0.2) is 71.2 Å². The van der Waals surface area contributed by atoms with Gasteiger partial charge < -0.3 is 19.5 Å². The third-order valence-electron chi connectivity index (χ3n) is 4.92. The van der Waals surface area contributed by atoms with Crippen LogP contribution in [0.1, 0.15) is 50.9 Å². The van der Waals surface area contributed by atoms with Crippen molar-refractivity contribution in [3.8, 4) is 0 Å². The molecule has 3 rings (SSSR count). The lowest BCUT2D eigenvalue weighted by atomic mass is 10.0. The number of aromatic nitrogens is 2. The van der Waals surface area contributed by atoms with Crippen molar-refractivity contribution < 1.29 is 14.1 Å². The maximum Gasteiger partial charge on any atom is 0.240 e. The molecule has 2 aliphatic heterocycles. The minimum absolute atomic E-state index is 0. The van der Waals surface area contributed by atoms with E-state index in [0.717, 1.165) is 45.6 Å². The lowest BCUT2D eigenvalue weighted by Gasteiger charge is -2.36. The van der Waals surface area contributed by atoms with Gasteiger partial charge in [0.05, 0.1) is 12.6 Å². The second-order valence-electron chi connectivity index (χ2n) is 6.75. The molecule has 0 radical (unpaired) electrons. The van der Waals surface area contributed by atoms with Crippen molar-refractivity contribution >= 4 is 30.7 Å². The molecule has 1 unspecified atom stereocenters. The summed E-state index contributed by atoms with van der Waals surface area (Å²) >= 11 is 0. The molecule has 2 saturated heterocycles. The first-order chi connectivity index (χ1) is 12.2. The Balaban J connectivity index is 0.00000182. The zero-order valence-corrected chi connectivity index (χ0v) is 17.7. The van der Waals surface area contributed by atoms with Crippen LogP contribution in [-0.2, 0) is 16.1 Å². The second-order valence-corrected chi connectivity index (χ2v) is 6.75. The van der Waals surface area contributed by atoms with Crippen LogP contribution in [0.4, 0.5) is 0 Å². The summed E-state index contributed by atoms with van der Waals surface area (Å²) < 4.78 is 10.8. The predicted octanol–water partition coefficient (Wildman–Crippen LogP) is 1.80. The van der Waals surface area contributed by atoms with Crippen LogP contribution in [0.5, 0.6) is 0 Å². The summed E-state index contributed by atoms with van der Waals surface area (Å²) in [7, 11) is 0. The molecule has 3 heterocycles. The Morgan fingerprint density at radius 1 is 1.30 bits per heavy atom. The van der Waals surface area contributed by atoms with Crippen molar-refractivity contribution in [1.82, 2.24) is 25.3 Å². The van der Waals surface area contributed by atoms with Gasteiger partial charge in [0.15, 0.2) is 5.82 Å². The van der Waals surface area contributed by atoms with Crippen LogP contribution in [0.15, 0.2) is 4.52 Å². The van der Waals surface area contributed by atoms with Crippen LogP contribution >= 0.6 is 24.8 Å². The number of halogens is 2. The molecule has 0 bridgehead atoms. The minimum atomic E-state index is -0.153. The lowest BCUT2D eigenvalue weighted by molar-refractivity contribution is -0.135. The maximum atomic E-state index is 12.5. The summed E-state index contributed by atoms with van der Waals surface area (Å²) in [5.74, 6) is 1.45. The van der Waals surface area contributed by atoms with Gasteiger partial charge in [-0.25, -0.2) is 0 Å². The Labute approximate surface area is 173 Å². The first-order valence-corrected chi connectivity index (χ1v) is 9.36. The first kappa shape index (κ1) is 24.1. The molecule has 0 aromatic carbocycles. The zero-order chi connectivity index (χ0) is 17.6. The molecule has 2 atom stereocenters. The maximum absolute atomic E-state index is 12.5. The molecule has 27 heavy (non-hydrogen) atoms. The number of ether oxygens (including phenoxy) is 1. The molecule has 0 aliphatic carbocycles. The van der Waals surface area contributed by atoms with Gasteiger partial charge in [-0.1, -0.05) is 11.6 Å².